The third kappa shape index (κ3) is 3.35. The van der Waals surface area contributed by atoms with Crippen molar-refractivity contribution in [1.82, 2.24) is 9.78 Å². The van der Waals surface area contributed by atoms with Crippen LogP contribution in [0.25, 0.3) is 0 Å². The molecule has 0 aromatic carbocycles. The molecule has 1 rings (SSSR count). The SMILES string of the molecule is CCCCC(O)C(C)(CO)c1cn(CC)nc1C(F)F. The number of aliphatic hydroxyl groups is 2. The molecule has 0 aliphatic heterocycles. The molecule has 0 bridgehead atoms. The van der Waals surface area contributed by atoms with Crippen molar-refractivity contribution in [3.63, 3.8) is 0 Å². The van der Waals surface area contributed by atoms with E-state index in [1.54, 1.807) is 13.8 Å². The lowest BCUT2D eigenvalue weighted by molar-refractivity contribution is 0.0379. The summed E-state index contributed by atoms with van der Waals surface area (Å²) in [6.45, 7) is 5.47. The first kappa shape index (κ1) is 17.0. The van der Waals surface area contributed by atoms with Crippen LogP contribution in [-0.2, 0) is 12.0 Å². The molecule has 0 amide bonds. The molecule has 1 heterocycles. The summed E-state index contributed by atoms with van der Waals surface area (Å²) >= 11 is 0. The highest BCUT2D eigenvalue weighted by atomic mass is 19.3. The van der Waals surface area contributed by atoms with Crippen molar-refractivity contribution in [2.75, 3.05) is 6.61 Å². The molecule has 6 heteroatoms. The van der Waals surface area contributed by atoms with Crippen molar-refractivity contribution in [3.8, 4) is 0 Å². The maximum absolute atomic E-state index is 13.1. The Bertz CT molecular complexity index is 423. The number of rotatable bonds is 8. The van der Waals surface area contributed by atoms with Crippen LogP contribution in [0.5, 0.6) is 0 Å². The lowest BCUT2D eigenvalue weighted by Crippen LogP contribution is -2.40. The highest BCUT2D eigenvalue weighted by Crippen LogP contribution is 2.35. The molecule has 0 saturated carbocycles. The normalized spacial score (nSPS) is 16.4. The first-order chi connectivity index (χ1) is 9.40. The summed E-state index contributed by atoms with van der Waals surface area (Å²) in [5.74, 6) is 0. The fraction of sp³-hybridized carbons (Fsp3) is 0.786. The predicted octanol–water partition coefficient (Wildman–Crippen LogP) is 2.64. The summed E-state index contributed by atoms with van der Waals surface area (Å²) in [6, 6.07) is 0. The van der Waals surface area contributed by atoms with Gasteiger partial charge in [-0.1, -0.05) is 26.7 Å². The van der Waals surface area contributed by atoms with Gasteiger partial charge in [-0.2, -0.15) is 5.10 Å². The molecule has 1 aromatic rings. The Morgan fingerprint density at radius 2 is 2.05 bits per heavy atom. The highest BCUT2D eigenvalue weighted by molar-refractivity contribution is 5.30. The van der Waals surface area contributed by atoms with E-state index in [9.17, 15) is 19.0 Å². The van der Waals surface area contributed by atoms with Gasteiger partial charge < -0.3 is 10.2 Å². The Balaban J connectivity index is 3.18. The number of aryl methyl sites for hydroxylation is 1. The van der Waals surface area contributed by atoms with Crippen LogP contribution >= 0.6 is 0 Å². The predicted molar refractivity (Wildman–Crippen MR) is 72.8 cm³/mol. The minimum Gasteiger partial charge on any atom is -0.395 e. The van der Waals surface area contributed by atoms with Crippen molar-refractivity contribution in [2.24, 2.45) is 0 Å². The quantitative estimate of drug-likeness (QED) is 0.774. The van der Waals surface area contributed by atoms with Crippen molar-refractivity contribution in [1.29, 1.82) is 0 Å². The third-order valence-corrected chi connectivity index (χ3v) is 3.83. The molecule has 0 aliphatic rings. The van der Waals surface area contributed by atoms with Gasteiger partial charge in [-0.3, -0.25) is 4.68 Å². The number of hydrogen-bond donors (Lipinski definition) is 2. The molecule has 0 radical (unpaired) electrons. The smallest absolute Gasteiger partial charge is 0.282 e. The lowest BCUT2D eigenvalue weighted by atomic mass is 9.76. The van der Waals surface area contributed by atoms with Crippen LogP contribution in [0.15, 0.2) is 6.20 Å². The van der Waals surface area contributed by atoms with Crippen molar-refractivity contribution in [3.05, 3.63) is 17.5 Å². The molecule has 0 aliphatic carbocycles. The Labute approximate surface area is 118 Å². The topological polar surface area (TPSA) is 58.3 Å². The summed E-state index contributed by atoms with van der Waals surface area (Å²) in [5, 5.41) is 23.8. The molecule has 0 saturated heterocycles. The Kier molecular flexibility index (Phi) is 6.07. The van der Waals surface area contributed by atoms with Gasteiger partial charge in [0.05, 0.1) is 12.7 Å². The molecule has 20 heavy (non-hydrogen) atoms. The molecule has 4 nitrogen and oxygen atoms in total. The average molecular weight is 290 g/mol. The van der Waals surface area contributed by atoms with Gasteiger partial charge >= 0.3 is 0 Å². The van der Waals surface area contributed by atoms with Crippen LogP contribution in [0.1, 0.15) is 57.7 Å². The van der Waals surface area contributed by atoms with E-state index in [-0.39, 0.29) is 11.3 Å². The molecule has 2 N–H and O–H groups in total. The third-order valence-electron chi connectivity index (χ3n) is 3.83. The van der Waals surface area contributed by atoms with E-state index in [1.165, 1.54) is 10.9 Å². The van der Waals surface area contributed by atoms with Crippen molar-refractivity contribution >= 4 is 0 Å². The molecule has 0 fully saturated rings. The molecule has 1 aromatic heterocycles. The maximum Gasteiger partial charge on any atom is 0.282 e. The number of alkyl halides is 2. The van der Waals surface area contributed by atoms with E-state index in [1.807, 2.05) is 6.92 Å². The molecule has 116 valence electrons. The Morgan fingerprint density at radius 3 is 2.50 bits per heavy atom. The summed E-state index contributed by atoms with van der Waals surface area (Å²) in [6.07, 6.45) is 0.0546. The highest BCUT2D eigenvalue weighted by Gasteiger charge is 2.39. The van der Waals surface area contributed by atoms with Crippen LogP contribution < -0.4 is 0 Å². The van der Waals surface area contributed by atoms with Gasteiger partial charge in [-0.05, 0) is 13.3 Å². The van der Waals surface area contributed by atoms with Gasteiger partial charge in [0, 0.05) is 23.7 Å². The van der Waals surface area contributed by atoms with Crippen molar-refractivity contribution < 1.29 is 19.0 Å². The van der Waals surface area contributed by atoms with E-state index in [4.69, 9.17) is 0 Å². The summed E-state index contributed by atoms with van der Waals surface area (Å²) in [5.41, 5.74) is -1.23. The second-order valence-electron chi connectivity index (χ2n) is 5.32. The van der Waals surface area contributed by atoms with Gasteiger partial charge in [0.15, 0.2) is 0 Å². The number of unbranched alkanes of at least 4 members (excludes halogenated alkanes) is 1. The standard InChI is InChI=1S/C14H24F2N2O2/c1-4-6-7-11(20)14(3,9-19)10-8-18(5-2)17-12(10)13(15)16/h8,11,13,19-20H,4-7,9H2,1-3H3. The minimum absolute atomic E-state index is 0.237. The first-order valence-corrected chi connectivity index (χ1v) is 7.05. The number of hydrogen-bond acceptors (Lipinski definition) is 3. The van der Waals surface area contributed by atoms with Crippen LogP contribution in [0.3, 0.4) is 0 Å². The zero-order valence-electron chi connectivity index (χ0n) is 12.3. The number of aliphatic hydroxyl groups excluding tert-OH is 2. The molecular formula is C14H24F2N2O2. The van der Waals surface area contributed by atoms with Crippen LogP contribution in [0, 0.1) is 0 Å². The van der Waals surface area contributed by atoms with Gasteiger partial charge in [-0.15, -0.1) is 0 Å². The zero-order valence-corrected chi connectivity index (χ0v) is 12.3. The molecule has 0 spiro atoms. The summed E-state index contributed by atoms with van der Waals surface area (Å²) in [4.78, 5) is 0. The molecule has 2 atom stereocenters. The summed E-state index contributed by atoms with van der Waals surface area (Å²) < 4.78 is 27.7. The number of nitrogens with zero attached hydrogens (tertiary/aromatic N) is 2. The number of halogens is 2. The van der Waals surface area contributed by atoms with Crippen LogP contribution in [0.4, 0.5) is 8.78 Å². The van der Waals surface area contributed by atoms with E-state index < -0.39 is 24.6 Å². The monoisotopic (exact) mass is 290 g/mol. The van der Waals surface area contributed by atoms with E-state index >= 15 is 0 Å². The van der Waals surface area contributed by atoms with E-state index in [0.717, 1.165) is 12.8 Å². The van der Waals surface area contributed by atoms with Crippen molar-refractivity contribution in [2.45, 2.75) is 64.5 Å². The van der Waals surface area contributed by atoms with Gasteiger partial charge in [-0.25, -0.2) is 8.78 Å². The first-order valence-electron chi connectivity index (χ1n) is 7.05. The van der Waals surface area contributed by atoms with Gasteiger partial charge in [0.25, 0.3) is 6.43 Å². The Morgan fingerprint density at radius 1 is 1.40 bits per heavy atom. The van der Waals surface area contributed by atoms with Gasteiger partial charge in [0.2, 0.25) is 0 Å². The zero-order chi connectivity index (χ0) is 15.3. The second-order valence-corrected chi connectivity index (χ2v) is 5.32. The van der Waals surface area contributed by atoms with Crippen LogP contribution in [-0.4, -0.2) is 32.7 Å². The fourth-order valence-electron chi connectivity index (χ4n) is 2.29. The molecular weight excluding hydrogens is 266 g/mol. The largest absolute Gasteiger partial charge is 0.395 e. The minimum atomic E-state index is -2.72. The van der Waals surface area contributed by atoms with Gasteiger partial charge in [0.1, 0.15) is 5.69 Å². The maximum atomic E-state index is 13.1. The molecule has 2 unspecified atom stereocenters. The van der Waals surface area contributed by atoms with Crippen LogP contribution in [0.2, 0.25) is 0 Å². The number of aromatic nitrogens is 2. The van der Waals surface area contributed by atoms with E-state index in [0.29, 0.717) is 13.0 Å². The lowest BCUT2D eigenvalue weighted by Gasteiger charge is -2.32. The second kappa shape index (κ2) is 7.13. The Hall–Kier alpha value is -1.01. The average Bonchev–Trinajstić information content (AvgIpc) is 2.88. The van der Waals surface area contributed by atoms with E-state index in [2.05, 4.69) is 5.10 Å². The fourth-order valence-corrected chi connectivity index (χ4v) is 2.29. The summed E-state index contributed by atoms with van der Waals surface area (Å²) in [7, 11) is 0.